The number of phenols is 1. The molecule has 17 heavy (non-hydrogen) atoms. The number of alkyl halides is 3. The van der Waals surface area contributed by atoms with E-state index in [0.29, 0.717) is 5.56 Å². The number of benzene rings is 1. The zero-order valence-corrected chi connectivity index (χ0v) is 8.92. The van der Waals surface area contributed by atoms with E-state index >= 15 is 0 Å². The van der Waals surface area contributed by atoms with Crippen LogP contribution in [0.3, 0.4) is 0 Å². The van der Waals surface area contributed by atoms with Crippen LogP contribution in [0.25, 0.3) is 0 Å². The van der Waals surface area contributed by atoms with Crippen molar-refractivity contribution in [2.45, 2.75) is 19.0 Å². The second kappa shape index (κ2) is 5.56. The summed E-state index contributed by atoms with van der Waals surface area (Å²) in [7, 11) is 0. The highest BCUT2D eigenvalue weighted by atomic mass is 19.4. The van der Waals surface area contributed by atoms with Crippen molar-refractivity contribution in [1.29, 1.82) is 0 Å². The summed E-state index contributed by atoms with van der Waals surface area (Å²) in [5.41, 5.74) is 0.550. The molecule has 0 fully saturated rings. The fourth-order valence-corrected chi connectivity index (χ4v) is 1.26. The van der Waals surface area contributed by atoms with Gasteiger partial charge in [0.05, 0.1) is 12.8 Å². The number of rotatable bonds is 4. The molecule has 2 N–H and O–H groups in total. The summed E-state index contributed by atoms with van der Waals surface area (Å²) in [4.78, 5) is 11.2. The van der Waals surface area contributed by atoms with Gasteiger partial charge in [-0.25, -0.2) is 0 Å². The van der Waals surface area contributed by atoms with Crippen LogP contribution in [0.15, 0.2) is 24.3 Å². The zero-order chi connectivity index (χ0) is 12.9. The lowest BCUT2D eigenvalue weighted by Gasteiger charge is -2.07. The van der Waals surface area contributed by atoms with Crippen LogP contribution in [0, 0.1) is 0 Å². The molecular formula is C11H12F3NO2. The van der Waals surface area contributed by atoms with Crippen molar-refractivity contribution in [3.8, 4) is 5.75 Å². The molecule has 0 radical (unpaired) electrons. The average Bonchev–Trinajstić information content (AvgIpc) is 2.15. The van der Waals surface area contributed by atoms with Crippen molar-refractivity contribution >= 4 is 5.91 Å². The predicted molar refractivity (Wildman–Crippen MR) is 55.5 cm³/mol. The van der Waals surface area contributed by atoms with Gasteiger partial charge in [0.2, 0.25) is 5.91 Å². The number of carbonyl (C=O) groups is 1. The van der Waals surface area contributed by atoms with E-state index in [4.69, 9.17) is 5.11 Å². The first-order chi connectivity index (χ1) is 7.87. The highest BCUT2D eigenvalue weighted by Gasteiger charge is 2.26. The molecule has 0 aliphatic carbocycles. The molecule has 0 saturated carbocycles. The van der Waals surface area contributed by atoms with E-state index in [2.05, 4.69) is 5.32 Å². The third-order valence-electron chi connectivity index (χ3n) is 2.01. The Bertz CT molecular complexity index is 391. The number of amides is 1. The minimum Gasteiger partial charge on any atom is -0.508 e. The quantitative estimate of drug-likeness (QED) is 0.855. The average molecular weight is 247 g/mol. The lowest BCUT2D eigenvalue weighted by molar-refractivity contribution is -0.135. The van der Waals surface area contributed by atoms with Crippen LogP contribution in [-0.2, 0) is 11.2 Å². The van der Waals surface area contributed by atoms with Crippen molar-refractivity contribution in [1.82, 2.24) is 5.32 Å². The smallest absolute Gasteiger partial charge is 0.390 e. The summed E-state index contributed by atoms with van der Waals surface area (Å²) in [6.45, 7) is -0.429. The van der Waals surface area contributed by atoms with Crippen LogP contribution in [0.5, 0.6) is 5.75 Å². The molecule has 94 valence electrons. The second-order valence-electron chi connectivity index (χ2n) is 3.56. The van der Waals surface area contributed by atoms with Gasteiger partial charge in [-0.05, 0) is 17.7 Å². The standard InChI is InChI=1S/C11H12F3NO2/c12-11(13,14)4-5-15-10(17)7-8-2-1-3-9(16)6-8/h1-3,6,16H,4-5,7H2,(H,15,17). The van der Waals surface area contributed by atoms with Crippen molar-refractivity contribution in [2.24, 2.45) is 0 Å². The Morgan fingerprint density at radius 3 is 2.65 bits per heavy atom. The topological polar surface area (TPSA) is 49.3 Å². The van der Waals surface area contributed by atoms with Gasteiger partial charge in [-0.2, -0.15) is 13.2 Å². The van der Waals surface area contributed by atoms with Gasteiger partial charge < -0.3 is 10.4 Å². The van der Waals surface area contributed by atoms with E-state index in [-0.39, 0.29) is 12.2 Å². The molecule has 0 atom stereocenters. The van der Waals surface area contributed by atoms with Crippen molar-refractivity contribution < 1.29 is 23.1 Å². The number of carbonyl (C=O) groups excluding carboxylic acids is 1. The monoisotopic (exact) mass is 247 g/mol. The second-order valence-corrected chi connectivity index (χ2v) is 3.56. The van der Waals surface area contributed by atoms with Gasteiger partial charge in [-0.15, -0.1) is 0 Å². The normalized spacial score (nSPS) is 11.2. The summed E-state index contributed by atoms with van der Waals surface area (Å²) in [5.74, 6) is -0.481. The summed E-state index contributed by atoms with van der Waals surface area (Å²) >= 11 is 0. The van der Waals surface area contributed by atoms with Crippen LogP contribution in [0.2, 0.25) is 0 Å². The van der Waals surface area contributed by atoms with Crippen LogP contribution in [0.4, 0.5) is 13.2 Å². The maximum atomic E-state index is 11.8. The molecule has 0 heterocycles. The molecule has 0 aromatic heterocycles. The number of aromatic hydroxyl groups is 1. The first kappa shape index (κ1) is 13.3. The van der Waals surface area contributed by atoms with Crippen molar-refractivity contribution in [3.05, 3.63) is 29.8 Å². The van der Waals surface area contributed by atoms with Gasteiger partial charge >= 0.3 is 6.18 Å². The first-order valence-corrected chi connectivity index (χ1v) is 4.98. The van der Waals surface area contributed by atoms with Gasteiger partial charge in [0, 0.05) is 6.54 Å². The van der Waals surface area contributed by atoms with E-state index in [0.717, 1.165) is 0 Å². The number of halogens is 3. The fourth-order valence-electron chi connectivity index (χ4n) is 1.26. The van der Waals surface area contributed by atoms with Crippen molar-refractivity contribution in [3.63, 3.8) is 0 Å². The van der Waals surface area contributed by atoms with Gasteiger partial charge in [-0.1, -0.05) is 12.1 Å². The molecule has 1 rings (SSSR count). The summed E-state index contributed by atoms with van der Waals surface area (Å²) < 4.78 is 35.4. The molecule has 1 amide bonds. The van der Waals surface area contributed by atoms with Crippen LogP contribution in [0.1, 0.15) is 12.0 Å². The summed E-state index contributed by atoms with van der Waals surface area (Å²) in [6, 6.07) is 6.02. The molecule has 0 bridgehead atoms. The van der Waals surface area contributed by atoms with Gasteiger partial charge in [-0.3, -0.25) is 4.79 Å². The van der Waals surface area contributed by atoms with Crippen LogP contribution in [-0.4, -0.2) is 23.7 Å². The van der Waals surface area contributed by atoms with Crippen molar-refractivity contribution in [2.75, 3.05) is 6.54 Å². The summed E-state index contributed by atoms with van der Waals surface area (Å²) in [6.07, 6.45) is -5.36. The lowest BCUT2D eigenvalue weighted by Crippen LogP contribution is -2.29. The zero-order valence-electron chi connectivity index (χ0n) is 8.92. The molecule has 0 aliphatic heterocycles. The largest absolute Gasteiger partial charge is 0.508 e. The molecular weight excluding hydrogens is 235 g/mol. The fraction of sp³-hybridized carbons (Fsp3) is 0.364. The van der Waals surface area contributed by atoms with E-state index < -0.39 is 25.0 Å². The van der Waals surface area contributed by atoms with Gasteiger partial charge in [0.15, 0.2) is 0 Å². The minimum absolute atomic E-state index is 0.0191. The third kappa shape index (κ3) is 5.79. The molecule has 0 aliphatic rings. The van der Waals surface area contributed by atoms with Crippen LogP contribution >= 0.6 is 0 Å². The Morgan fingerprint density at radius 2 is 2.06 bits per heavy atom. The van der Waals surface area contributed by atoms with E-state index in [1.807, 2.05) is 0 Å². The summed E-state index contributed by atoms with van der Waals surface area (Å²) in [5, 5.41) is 11.3. The van der Waals surface area contributed by atoms with Gasteiger partial charge in [0.25, 0.3) is 0 Å². The molecule has 3 nitrogen and oxygen atoms in total. The molecule has 1 aromatic carbocycles. The highest BCUT2D eigenvalue weighted by Crippen LogP contribution is 2.18. The van der Waals surface area contributed by atoms with E-state index in [9.17, 15) is 18.0 Å². The lowest BCUT2D eigenvalue weighted by atomic mass is 10.1. The van der Waals surface area contributed by atoms with E-state index in [1.54, 1.807) is 12.1 Å². The SMILES string of the molecule is O=C(Cc1cccc(O)c1)NCCC(F)(F)F. The molecule has 0 unspecified atom stereocenters. The Morgan fingerprint density at radius 1 is 1.35 bits per heavy atom. The molecule has 1 aromatic rings. The third-order valence-corrected chi connectivity index (χ3v) is 2.01. The number of phenolic OH excluding ortho intramolecular Hbond substituents is 1. The van der Waals surface area contributed by atoms with Crippen LogP contribution < -0.4 is 5.32 Å². The maximum absolute atomic E-state index is 11.8. The first-order valence-electron chi connectivity index (χ1n) is 4.98. The Labute approximate surface area is 96.3 Å². The number of hydrogen-bond acceptors (Lipinski definition) is 2. The minimum atomic E-state index is -4.27. The highest BCUT2D eigenvalue weighted by molar-refractivity contribution is 5.78. The Hall–Kier alpha value is -1.72. The molecule has 0 spiro atoms. The van der Waals surface area contributed by atoms with Gasteiger partial charge in [0.1, 0.15) is 5.75 Å². The molecule has 6 heteroatoms. The maximum Gasteiger partial charge on any atom is 0.390 e. The number of hydrogen-bond donors (Lipinski definition) is 2. The van der Waals surface area contributed by atoms with E-state index in [1.165, 1.54) is 12.1 Å². The Kier molecular flexibility index (Phi) is 4.37. The Balaban J connectivity index is 2.35. The molecule has 0 saturated heterocycles. The number of nitrogens with one attached hydrogen (secondary N) is 1. The predicted octanol–water partition coefficient (Wildman–Crippen LogP) is 2.00.